The fourth-order valence-corrected chi connectivity index (χ4v) is 1.90. The Kier molecular flexibility index (Phi) is 5.09. The van der Waals surface area contributed by atoms with Crippen LogP contribution in [0.25, 0.3) is 0 Å². The Balaban J connectivity index is 1.98. The van der Waals surface area contributed by atoms with Crippen molar-refractivity contribution in [2.75, 3.05) is 11.9 Å². The van der Waals surface area contributed by atoms with Crippen molar-refractivity contribution >= 4 is 11.6 Å². The van der Waals surface area contributed by atoms with Crippen molar-refractivity contribution in [1.29, 1.82) is 0 Å². The van der Waals surface area contributed by atoms with E-state index in [1.807, 2.05) is 13.1 Å². The highest BCUT2D eigenvalue weighted by molar-refractivity contribution is 5.93. The van der Waals surface area contributed by atoms with Crippen LogP contribution >= 0.6 is 0 Å². The summed E-state index contributed by atoms with van der Waals surface area (Å²) in [5.41, 5.74) is 6.76. The maximum atomic E-state index is 12.3. The van der Waals surface area contributed by atoms with E-state index >= 15 is 0 Å². The van der Waals surface area contributed by atoms with Gasteiger partial charge in [-0.05, 0) is 18.2 Å². The Morgan fingerprint density at radius 2 is 2.09 bits per heavy atom. The Hall–Kier alpha value is -2.71. The molecule has 0 unspecified atom stereocenters. The van der Waals surface area contributed by atoms with Crippen molar-refractivity contribution in [1.82, 2.24) is 9.78 Å². The molecule has 0 aliphatic rings. The number of benzene rings is 1. The van der Waals surface area contributed by atoms with Crippen LogP contribution in [0.2, 0.25) is 0 Å². The van der Waals surface area contributed by atoms with Gasteiger partial charge in [-0.1, -0.05) is 12.1 Å². The molecule has 2 aromatic rings. The van der Waals surface area contributed by atoms with Gasteiger partial charge >= 0.3 is 6.36 Å². The van der Waals surface area contributed by atoms with Gasteiger partial charge in [-0.2, -0.15) is 5.10 Å². The standard InChI is InChI=1S/C14H16F3N5O/c1-22-10(7-9-20-22)6-8-19-13(18)21-11-4-2-3-5-12(11)23-14(15,16)17/h2-5,7,9H,6,8H2,1H3,(H3,18,19,21). The van der Waals surface area contributed by atoms with Crippen LogP contribution in [-0.2, 0) is 13.5 Å². The van der Waals surface area contributed by atoms with Gasteiger partial charge in [0.2, 0.25) is 0 Å². The van der Waals surface area contributed by atoms with Gasteiger partial charge in [0.1, 0.15) is 0 Å². The van der Waals surface area contributed by atoms with E-state index in [0.29, 0.717) is 13.0 Å². The minimum Gasteiger partial charge on any atom is -0.404 e. The average Bonchev–Trinajstić information content (AvgIpc) is 2.85. The first-order chi connectivity index (χ1) is 10.8. The Labute approximate surface area is 130 Å². The number of nitrogens with zero attached hydrogens (tertiary/aromatic N) is 3. The van der Waals surface area contributed by atoms with E-state index in [9.17, 15) is 13.2 Å². The smallest absolute Gasteiger partial charge is 0.404 e. The third kappa shape index (κ3) is 5.20. The minimum atomic E-state index is -4.77. The molecule has 0 fully saturated rings. The van der Waals surface area contributed by atoms with E-state index in [-0.39, 0.29) is 17.4 Å². The molecule has 124 valence electrons. The molecule has 0 amide bonds. The highest BCUT2D eigenvalue weighted by atomic mass is 19.4. The van der Waals surface area contributed by atoms with Gasteiger partial charge < -0.3 is 15.8 Å². The van der Waals surface area contributed by atoms with Crippen LogP contribution in [0, 0.1) is 0 Å². The number of para-hydroxylation sites is 2. The number of hydrogen-bond donors (Lipinski definition) is 2. The predicted octanol–water partition coefficient (Wildman–Crippen LogP) is 2.29. The summed E-state index contributed by atoms with van der Waals surface area (Å²) < 4.78 is 42.7. The molecule has 6 nitrogen and oxygen atoms in total. The molecule has 0 radical (unpaired) electrons. The van der Waals surface area contributed by atoms with Gasteiger partial charge in [-0.15, -0.1) is 13.2 Å². The van der Waals surface area contributed by atoms with Crippen LogP contribution in [0.15, 0.2) is 41.5 Å². The molecule has 9 heteroatoms. The van der Waals surface area contributed by atoms with Crippen LogP contribution in [0.3, 0.4) is 0 Å². The van der Waals surface area contributed by atoms with Crippen LogP contribution in [0.1, 0.15) is 5.69 Å². The number of nitrogens with two attached hydrogens (primary N) is 1. The lowest BCUT2D eigenvalue weighted by Gasteiger charge is -2.14. The molecule has 0 aliphatic heterocycles. The quantitative estimate of drug-likeness (QED) is 0.652. The number of aryl methyl sites for hydroxylation is 1. The fraction of sp³-hybridized carbons (Fsp3) is 0.286. The lowest BCUT2D eigenvalue weighted by atomic mass is 10.3. The van der Waals surface area contributed by atoms with Gasteiger partial charge in [-0.25, -0.2) is 0 Å². The summed E-state index contributed by atoms with van der Waals surface area (Å²) in [5, 5.41) is 6.63. The number of alkyl halides is 3. The lowest BCUT2D eigenvalue weighted by molar-refractivity contribution is -0.274. The number of ether oxygens (including phenoxy) is 1. The van der Waals surface area contributed by atoms with Crippen molar-refractivity contribution < 1.29 is 17.9 Å². The van der Waals surface area contributed by atoms with Gasteiger partial charge in [0.15, 0.2) is 11.7 Å². The highest BCUT2D eigenvalue weighted by Crippen LogP contribution is 2.29. The molecule has 0 atom stereocenters. The van der Waals surface area contributed by atoms with Crippen molar-refractivity contribution in [2.45, 2.75) is 12.8 Å². The number of halogens is 3. The van der Waals surface area contributed by atoms with E-state index < -0.39 is 6.36 Å². The monoisotopic (exact) mass is 327 g/mol. The Bertz CT molecular complexity index is 681. The van der Waals surface area contributed by atoms with Crippen molar-refractivity contribution in [3.05, 3.63) is 42.2 Å². The Morgan fingerprint density at radius 1 is 1.35 bits per heavy atom. The molecular formula is C14H16F3N5O. The summed E-state index contributed by atoms with van der Waals surface area (Å²) in [6.45, 7) is 0.376. The summed E-state index contributed by atoms with van der Waals surface area (Å²) in [7, 11) is 1.81. The van der Waals surface area contributed by atoms with Crippen LogP contribution in [0.5, 0.6) is 5.75 Å². The van der Waals surface area contributed by atoms with Crippen molar-refractivity contribution in [3.63, 3.8) is 0 Å². The molecule has 0 bridgehead atoms. The Morgan fingerprint density at radius 3 is 2.74 bits per heavy atom. The minimum absolute atomic E-state index is 0.00499. The first-order valence-corrected chi connectivity index (χ1v) is 6.74. The van der Waals surface area contributed by atoms with Crippen LogP contribution < -0.4 is 15.8 Å². The number of nitrogens with one attached hydrogen (secondary N) is 1. The third-order valence-electron chi connectivity index (χ3n) is 2.95. The second kappa shape index (κ2) is 7.03. The number of hydrogen-bond acceptors (Lipinski definition) is 3. The average molecular weight is 327 g/mol. The molecule has 0 saturated carbocycles. The van der Waals surface area contributed by atoms with E-state index in [0.717, 1.165) is 5.69 Å². The van der Waals surface area contributed by atoms with Crippen LogP contribution in [0.4, 0.5) is 18.9 Å². The van der Waals surface area contributed by atoms with E-state index in [4.69, 9.17) is 5.73 Å². The predicted molar refractivity (Wildman–Crippen MR) is 80.1 cm³/mol. The topological polar surface area (TPSA) is 77.5 Å². The zero-order valence-corrected chi connectivity index (χ0v) is 12.3. The molecule has 0 spiro atoms. The molecule has 23 heavy (non-hydrogen) atoms. The fourth-order valence-electron chi connectivity index (χ4n) is 1.90. The summed E-state index contributed by atoms with van der Waals surface area (Å²) in [6.07, 6.45) is -2.49. The molecule has 3 N–H and O–H groups in total. The van der Waals surface area contributed by atoms with E-state index in [1.165, 1.54) is 18.2 Å². The van der Waals surface area contributed by atoms with Crippen molar-refractivity contribution in [3.8, 4) is 5.75 Å². The van der Waals surface area contributed by atoms with E-state index in [2.05, 4.69) is 20.1 Å². The molecule has 0 saturated heterocycles. The highest BCUT2D eigenvalue weighted by Gasteiger charge is 2.32. The maximum Gasteiger partial charge on any atom is 0.573 e. The maximum absolute atomic E-state index is 12.3. The summed E-state index contributed by atoms with van der Waals surface area (Å²) in [5.74, 6) is -0.366. The van der Waals surface area contributed by atoms with Gasteiger partial charge in [-0.3, -0.25) is 9.67 Å². The summed E-state index contributed by atoms with van der Waals surface area (Å²) in [4.78, 5) is 4.08. The number of anilines is 1. The van der Waals surface area contributed by atoms with E-state index in [1.54, 1.807) is 16.9 Å². The second-order valence-electron chi connectivity index (χ2n) is 4.63. The number of guanidine groups is 1. The number of rotatable bonds is 5. The van der Waals surface area contributed by atoms with Crippen LogP contribution in [-0.4, -0.2) is 28.6 Å². The zero-order chi connectivity index (χ0) is 16.9. The van der Waals surface area contributed by atoms with Gasteiger partial charge in [0.05, 0.1) is 5.69 Å². The lowest BCUT2D eigenvalue weighted by Crippen LogP contribution is -2.25. The molecular weight excluding hydrogens is 311 g/mol. The van der Waals surface area contributed by atoms with Gasteiger partial charge in [0.25, 0.3) is 0 Å². The normalized spacial score (nSPS) is 12.3. The first kappa shape index (κ1) is 16.7. The first-order valence-electron chi connectivity index (χ1n) is 6.74. The number of aliphatic imine (C=N–C) groups is 1. The SMILES string of the molecule is Cn1nccc1CCN=C(N)Nc1ccccc1OC(F)(F)F. The second-order valence-corrected chi connectivity index (χ2v) is 4.63. The molecule has 0 aliphatic carbocycles. The molecule has 1 aromatic carbocycles. The molecule has 1 heterocycles. The molecule has 2 rings (SSSR count). The summed E-state index contributed by atoms with van der Waals surface area (Å²) >= 11 is 0. The summed E-state index contributed by atoms with van der Waals surface area (Å²) in [6, 6.07) is 7.46. The third-order valence-corrected chi connectivity index (χ3v) is 2.95. The van der Waals surface area contributed by atoms with Gasteiger partial charge in [0, 0.05) is 31.9 Å². The zero-order valence-electron chi connectivity index (χ0n) is 12.3. The largest absolute Gasteiger partial charge is 0.573 e. The molecule has 1 aromatic heterocycles. The van der Waals surface area contributed by atoms with Crippen molar-refractivity contribution in [2.24, 2.45) is 17.8 Å². The number of aromatic nitrogens is 2.